The Morgan fingerprint density at radius 1 is 1.14 bits per heavy atom. The van der Waals surface area contributed by atoms with E-state index in [2.05, 4.69) is 5.32 Å². The van der Waals surface area contributed by atoms with E-state index in [0.717, 1.165) is 17.7 Å². The van der Waals surface area contributed by atoms with Crippen LogP contribution in [0.3, 0.4) is 0 Å². The zero-order valence-corrected chi connectivity index (χ0v) is 15.6. The molecule has 1 aliphatic rings. The molecule has 2 aromatic carbocycles. The van der Waals surface area contributed by atoms with Crippen LogP contribution < -0.4 is 10.1 Å². The zero-order valence-electron chi connectivity index (χ0n) is 15.6. The number of nitrogens with one attached hydrogen (secondary N) is 1. The number of benzene rings is 2. The zero-order chi connectivity index (χ0) is 20.1. The van der Waals surface area contributed by atoms with Gasteiger partial charge >= 0.3 is 0 Å². The Kier molecular flexibility index (Phi) is 6.23. The van der Waals surface area contributed by atoms with Gasteiger partial charge in [-0.15, -0.1) is 0 Å². The predicted molar refractivity (Wildman–Crippen MR) is 99.8 cm³/mol. The van der Waals surface area contributed by atoms with E-state index in [1.54, 1.807) is 7.11 Å². The standard InChI is InChI=1S/C21H22F2N2O3/c1-28-19-5-3-2-4-15(19)13-24-20(26)14-8-10-25(11-9-14)21(27)17-7-6-16(22)12-18(17)23/h2-7,12,14H,8-11,13H2,1H3,(H,24,26). The fraction of sp³-hybridized carbons (Fsp3) is 0.333. The van der Waals surface area contributed by atoms with Gasteiger partial charge in [0.1, 0.15) is 17.4 Å². The molecule has 1 saturated heterocycles. The molecular weight excluding hydrogens is 366 g/mol. The van der Waals surface area contributed by atoms with Crippen LogP contribution in [0.1, 0.15) is 28.8 Å². The summed E-state index contributed by atoms with van der Waals surface area (Å²) in [5.41, 5.74) is 0.734. The van der Waals surface area contributed by atoms with Crippen molar-refractivity contribution in [2.45, 2.75) is 19.4 Å². The number of para-hydroxylation sites is 1. The van der Waals surface area contributed by atoms with E-state index in [9.17, 15) is 18.4 Å². The number of piperidine rings is 1. The molecule has 3 rings (SSSR count). The van der Waals surface area contributed by atoms with Crippen molar-refractivity contribution in [1.29, 1.82) is 0 Å². The number of amides is 2. The summed E-state index contributed by atoms with van der Waals surface area (Å²) in [6.45, 7) is 1.06. The number of carbonyl (C=O) groups excluding carboxylic acids is 2. The van der Waals surface area contributed by atoms with Crippen LogP contribution in [0.25, 0.3) is 0 Å². The molecule has 2 aromatic rings. The molecule has 1 N–H and O–H groups in total. The first-order chi connectivity index (χ1) is 13.5. The topological polar surface area (TPSA) is 58.6 Å². The van der Waals surface area contributed by atoms with E-state index in [1.165, 1.54) is 4.90 Å². The molecule has 148 valence electrons. The Bertz CT molecular complexity index is 864. The molecule has 28 heavy (non-hydrogen) atoms. The Morgan fingerprint density at radius 3 is 2.54 bits per heavy atom. The first kappa shape index (κ1) is 19.8. The molecule has 0 bridgehead atoms. The first-order valence-corrected chi connectivity index (χ1v) is 9.13. The van der Waals surface area contributed by atoms with Gasteiger partial charge in [-0.1, -0.05) is 18.2 Å². The number of hydrogen-bond acceptors (Lipinski definition) is 3. The highest BCUT2D eigenvalue weighted by Crippen LogP contribution is 2.22. The average molecular weight is 388 g/mol. The van der Waals surface area contributed by atoms with Crippen LogP contribution in [0.2, 0.25) is 0 Å². The quantitative estimate of drug-likeness (QED) is 0.856. The first-order valence-electron chi connectivity index (χ1n) is 9.13. The van der Waals surface area contributed by atoms with Gasteiger partial charge in [-0.05, 0) is 31.0 Å². The maximum atomic E-state index is 13.8. The number of methoxy groups -OCH3 is 1. The highest BCUT2D eigenvalue weighted by atomic mass is 19.1. The third-order valence-corrected chi connectivity index (χ3v) is 4.96. The van der Waals surface area contributed by atoms with E-state index in [1.807, 2.05) is 24.3 Å². The predicted octanol–water partition coefficient (Wildman–Crippen LogP) is 3.14. The van der Waals surface area contributed by atoms with Crippen molar-refractivity contribution in [2.75, 3.05) is 20.2 Å². The van der Waals surface area contributed by atoms with Crippen LogP contribution in [0.5, 0.6) is 5.75 Å². The second-order valence-electron chi connectivity index (χ2n) is 6.72. The van der Waals surface area contributed by atoms with E-state index in [0.29, 0.717) is 44.3 Å². The van der Waals surface area contributed by atoms with Gasteiger partial charge in [0.05, 0.1) is 12.7 Å². The lowest BCUT2D eigenvalue weighted by molar-refractivity contribution is -0.126. The largest absolute Gasteiger partial charge is 0.496 e. The molecule has 1 heterocycles. The van der Waals surface area contributed by atoms with Gasteiger partial charge in [0.2, 0.25) is 5.91 Å². The third-order valence-electron chi connectivity index (χ3n) is 4.96. The van der Waals surface area contributed by atoms with Crippen LogP contribution in [0, 0.1) is 17.6 Å². The molecule has 0 atom stereocenters. The van der Waals surface area contributed by atoms with E-state index in [-0.39, 0.29) is 17.4 Å². The number of nitrogens with zero attached hydrogens (tertiary/aromatic N) is 1. The average Bonchev–Trinajstić information content (AvgIpc) is 2.72. The molecule has 1 fully saturated rings. The van der Waals surface area contributed by atoms with Gasteiger partial charge in [-0.3, -0.25) is 9.59 Å². The molecule has 7 heteroatoms. The van der Waals surface area contributed by atoms with Crippen molar-refractivity contribution < 1.29 is 23.1 Å². The molecule has 0 radical (unpaired) electrons. The van der Waals surface area contributed by atoms with Crippen LogP contribution in [0.15, 0.2) is 42.5 Å². The van der Waals surface area contributed by atoms with Gasteiger partial charge in [0, 0.05) is 37.2 Å². The molecule has 0 spiro atoms. The highest BCUT2D eigenvalue weighted by Gasteiger charge is 2.28. The summed E-state index contributed by atoms with van der Waals surface area (Å²) in [5.74, 6) is -1.65. The number of carbonyl (C=O) groups is 2. The monoisotopic (exact) mass is 388 g/mol. The summed E-state index contributed by atoms with van der Waals surface area (Å²) in [6, 6.07) is 10.4. The van der Waals surface area contributed by atoms with Crippen LogP contribution in [-0.2, 0) is 11.3 Å². The number of rotatable bonds is 5. The van der Waals surface area contributed by atoms with Gasteiger partial charge in [-0.25, -0.2) is 8.78 Å². The molecule has 0 aromatic heterocycles. The second kappa shape index (κ2) is 8.82. The van der Waals surface area contributed by atoms with E-state index >= 15 is 0 Å². The minimum absolute atomic E-state index is 0.0778. The molecular formula is C21H22F2N2O3. The Morgan fingerprint density at radius 2 is 1.86 bits per heavy atom. The SMILES string of the molecule is COc1ccccc1CNC(=O)C1CCN(C(=O)c2ccc(F)cc2F)CC1. The summed E-state index contributed by atoms with van der Waals surface area (Å²) in [6.07, 6.45) is 0.985. The lowest BCUT2D eigenvalue weighted by Gasteiger charge is -2.31. The molecule has 5 nitrogen and oxygen atoms in total. The Balaban J connectivity index is 1.53. The van der Waals surface area contributed by atoms with Crippen molar-refractivity contribution in [3.63, 3.8) is 0 Å². The normalized spacial score (nSPS) is 14.6. The fourth-order valence-corrected chi connectivity index (χ4v) is 3.35. The smallest absolute Gasteiger partial charge is 0.256 e. The lowest BCUT2D eigenvalue weighted by atomic mass is 9.95. The number of halogens is 2. The molecule has 2 amide bonds. The second-order valence-corrected chi connectivity index (χ2v) is 6.72. The summed E-state index contributed by atoms with van der Waals surface area (Å²) < 4.78 is 32.1. The number of hydrogen-bond donors (Lipinski definition) is 1. The van der Waals surface area contributed by atoms with Gasteiger partial charge in [-0.2, -0.15) is 0 Å². The van der Waals surface area contributed by atoms with Crippen molar-refractivity contribution >= 4 is 11.8 Å². The Hall–Kier alpha value is -2.96. The lowest BCUT2D eigenvalue weighted by Crippen LogP contribution is -2.43. The molecule has 0 aliphatic carbocycles. The number of likely N-dealkylation sites (tertiary alicyclic amines) is 1. The van der Waals surface area contributed by atoms with E-state index < -0.39 is 17.5 Å². The summed E-state index contributed by atoms with van der Waals surface area (Å²) in [7, 11) is 1.58. The van der Waals surface area contributed by atoms with E-state index in [4.69, 9.17) is 4.74 Å². The van der Waals surface area contributed by atoms with Crippen molar-refractivity contribution in [3.8, 4) is 5.75 Å². The highest BCUT2D eigenvalue weighted by molar-refractivity contribution is 5.94. The van der Waals surface area contributed by atoms with Gasteiger partial charge < -0.3 is 15.0 Å². The van der Waals surface area contributed by atoms with Crippen molar-refractivity contribution in [1.82, 2.24) is 10.2 Å². The summed E-state index contributed by atoms with van der Waals surface area (Å²) in [5, 5.41) is 2.91. The molecule has 1 aliphatic heterocycles. The molecule has 0 unspecified atom stereocenters. The van der Waals surface area contributed by atoms with Gasteiger partial charge in [0.15, 0.2) is 0 Å². The maximum Gasteiger partial charge on any atom is 0.256 e. The van der Waals surface area contributed by atoms with Crippen LogP contribution >= 0.6 is 0 Å². The van der Waals surface area contributed by atoms with Crippen LogP contribution in [0.4, 0.5) is 8.78 Å². The number of ether oxygens (including phenoxy) is 1. The Labute approximate surface area is 162 Å². The fourth-order valence-electron chi connectivity index (χ4n) is 3.35. The van der Waals surface area contributed by atoms with Crippen molar-refractivity contribution in [3.05, 3.63) is 65.2 Å². The van der Waals surface area contributed by atoms with Crippen molar-refractivity contribution in [2.24, 2.45) is 5.92 Å². The minimum Gasteiger partial charge on any atom is -0.496 e. The van der Waals surface area contributed by atoms with Gasteiger partial charge in [0.25, 0.3) is 5.91 Å². The minimum atomic E-state index is -0.873. The summed E-state index contributed by atoms with van der Waals surface area (Å²) in [4.78, 5) is 26.4. The summed E-state index contributed by atoms with van der Waals surface area (Å²) >= 11 is 0. The third kappa shape index (κ3) is 4.47. The van der Waals surface area contributed by atoms with Crippen LogP contribution in [-0.4, -0.2) is 36.9 Å². The molecule has 0 saturated carbocycles. The maximum absolute atomic E-state index is 13.8.